The molecule has 0 heterocycles. The van der Waals surface area contributed by atoms with Crippen LogP contribution in [0.15, 0.2) is 18.2 Å². The summed E-state index contributed by atoms with van der Waals surface area (Å²) in [6.45, 7) is -5.03. The zero-order chi connectivity index (χ0) is 12.7. The second-order valence-electron chi connectivity index (χ2n) is 1.70. The highest BCUT2D eigenvalue weighted by Gasteiger charge is 1.92. The van der Waals surface area contributed by atoms with E-state index >= 15 is 0 Å². The molecule has 0 radical (unpaired) electrons. The number of para-hydroxylation sites is 1. The van der Waals surface area contributed by atoms with E-state index in [4.69, 9.17) is 15.3 Å². The highest BCUT2D eigenvalue weighted by Crippen LogP contribution is 2.13. The molecule has 1 rings (SSSR count). The largest absolute Gasteiger partial charge is 0.398 e. The molecule has 0 atom stereocenters. The Bertz CT molecular complexity index is 369. The maximum atomic E-state index is 7.38. The van der Waals surface area contributed by atoms with Crippen molar-refractivity contribution in [2.75, 3.05) is 5.73 Å². The smallest absolute Gasteiger partial charge is 0.0623 e. The average Bonchev–Trinajstić information content (AvgIpc) is 2.04. The van der Waals surface area contributed by atoms with Crippen molar-refractivity contribution in [2.45, 2.75) is 13.7 Å². The molecule has 0 spiro atoms. The average molecular weight is 128 g/mol. The van der Waals surface area contributed by atoms with Gasteiger partial charge in [0.2, 0.25) is 0 Å². The summed E-state index contributed by atoms with van der Waals surface area (Å²) in [5.74, 6) is 0. The number of hydrogen-bond acceptors (Lipinski definition) is 1. The lowest BCUT2D eigenvalue weighted by Crippen LogP contribution is -1.91. The van der Waals surface area contributed by atoms with Crippen molar-refractivity contribution in [3.63, 3.8) is 0 Å². The van der Waals surface area contributed by atoms with Crippen LogP contribution in [0.5, 0.6) is 0 Å². The van der Waals surface area contributed by atoms with Crippen LogP contribution in [-0.2, 0) is 0 Å². The van der Waals surface area contributed by atoms with E-state index in [1.54, 1.807) is 0 Å². The summed E-state index contributed by atoms with van der Waals surface area (Å²) in [6.07, 6.45) is 0. The molecule has 1 aromatic carbocycles. The first-order chi connectivity index (χ1) is 7.03. The van der Waals surface area contributed by atoms with Gasteiger partial charge in [0.1, 0.15) is 0 Å². The van der Waals surface area contributed by atoms with Gasteiger partial charge >= 0.3 is 0 Å². The van der Waals surface area contributed by atoms with Gasteiger partial charge in [0, 0.05) is 13.9 Å². The van der Waals surface area contributed by atoms with Gasteiger partial charge in [-0.2, -0.15) is 0 Å². The molecule has 0 fully saturated rings. The molecule has 0 saturated heterocycles. The van der Waals surface area contributed by atoms with E-state index in [0.717, 1.165) is 12.1 Å². The molecule has 0 saturated carbocycles. The predicted molar refractivity (Wildman–Crippen MR) is 40.3 cm³/mol. The first-order valence-corrected chi connectivity index (χ1v) is 2.44. The third-order valence-corrected chi connectivity index (χ3v) is 1.04. The normalized spacial score (nSPS) is 23.8. The Morgan fingerprint density at radius 1 is 1.44 bits per heavy atom. The molecule has 0 aliphatic carbocycles. The summed E-state index contributed by atoms with van der Waals surface area (Å²) in [4.78, 5) is 0. The molecule has 1 aromatic rings. The van der Waals surface area contributed by atoms with Crippen molar-refractivity contribution < 1.29 is 9.60 Å². The maximum Gasteiger partial charge on any atom is 0.0623 e. The standard InChI is InChI=1S/C8H11N/c1-6-4-3-5-7(2)8(6)9/h3-5H,9H2,1-2H3/i1D3,2D3,3D. The Morgan fingerprint density at radius 2 is 2.00 bits per heavy atom. The number of benzene rings is 1. The van der Waals surface area contributed by atoms with Crippen molar-refractivity contribution in [1.29, 1.82) is 0 Å². The van der Waals surface area contributed by atoms with Crippen LogP contribution < -0.4 is 5.73 Å². The van der Waals surface area contributed by atoms with Crippen LogP contribution in [0.25, 0.3) is 0 Å². The van der Waals surface area contributed by atoms with Crippen molar-refractivity contribution in [2.24, 2.45) is 0 Å². The van der Waals surface area contributed by atoms with Crippen molar-refractivity contribution >= 4 is 5.69 Å². The van der Waals surface area contributed by atoms with Gasteiger partial charge in [-0.3, -0.25) is 0 Å². The highest BCUT2D eigenvalue weighted by molar-refractivity contribution is 5.52. The summed E-state index contributed by atoms with van der Waals surface area (Å²) >= 11 is 0. The number of rotatable bonds is 0. The molecule has 9 heavy (non-hydrogen) atoms. The van der Waals surface area contributed by atoms with E-state index in [9.17, 15) is 0 Å². The molecule has 0 amide bonds. The zero-order valence-corrected chi connectivity index (χ0v) is 4.73. The van der Waals surface area contributed by atoms with Gasteiger partial charge in [0.15, 0.2) is 0 Å². The summed E-state index contributed by atoms with van der Waals surface area (Å²) in [6, 6.07) is 1.96. The number of aryl methyl sites for hydroxylation is 2. The van der Waals surface area contributed by atoms with E-state index in [1.165, 1.54) is 0 Å². The summed E-state index contributed by atoms with van der Waals surface area (Å²) in [5, 5.41) is 0. The third-order valence-electron chi connectivity index (χ3n) is 1.04. The number of nitrogen functional groups attached to an aromatic ring is 1. The minimum Gasteiger partial charge on any atom is -0.398 e. The molecule has 0 bridgehead atoms. The van der Waals surface area contributed by atoms with Crippen molar-refractivity contribution in [1.82, 2.24) is 0 Å². The van der Waals surface area contributed by atoms with Gasteiger partial charge in [-0.15, -0.1) is 0 Å². The Kier molecular flexibility index (Phi) is 0.408. The Balaban J connectivity index is 3.51. The van der Waals surface area contributed by atoms with Gasteiger partial charge in [-0.05, 0) is 24.8 Å². The molecule has 1 nitrogen and oxygen atoms in total. The third kappa shape index (κ3) is 1.04. The molecule has 2 N–H and O–H groups in total. The van der Waals surface area contributed by atoms with Crippen LogP contribution in [0, 0.1) is 13.7 Å². The van der Waals surface area contributed by atoms with Crippen LogP contribution in [-0.4, -0.2) is 0 Å². The lowest BCUT2D eigenvalue weighted by atomic mass is 10.1. The lowest BCUT2D eigenvalue weighted by molar-refractivity contribution is 1.39. The first kappa shape index (κ1) is 1.75. The fourth-order valence-corrected chi connectivity index (χ4v) is 0.509. The van der Waals surface area contributed by atoms with Crippen LogP contribution in [0.2, 0.25) is 0 Å². The van der Waals surface area contributed by atoms with Crippen molar-refractivity contribution in [3.05, 3.63) is 29.3 Å². The van der Waals surface area contributed by atoms with Crippen LogP contribution in [0.4, 0.5) is 5.69 Å². The van der Waals surface area contributed by atoms with E-state index < -0.39 is 13.7 Å². The molecule has 1 heteroatoms. The van der Waals surface area contributed by atoms with Gasteiger partial charge in [-0.1, -0.05) is 18.2 Å². The van der Waals surface area contributed by atoms with Gasteiger partial charge in [0.05, 0.1) is 1.37 Å². The molecular weight excluding hydrogens is 110 g/mol. The van der Waals surface area contributed by atoms with Crippen LogP contribution in [0.1, 0.15) is 20.7 Å². The fraction of sp³-hybridized carbons (Fsp3) is 0.250. The summed E-state index contributed by atoms with van der Waals surface area (Å²) in [7, 11) is 0. The number of hydrogen-bond donors (Lipinski definition) is 1. The lowest BCUT2D eigenvalue weighted by Gasteiger charge is -2.00. The molecular formula is C8H11N. The quantitative estimate of drug-likeness (QED) is 0.530. The summed E-state index contributed by atoms with van der Waals surface area (Å²) < 4.78 is 50.6. The van der Waals surface area contributed by atoms with E-state index in [0.29, 0.717) is 0 Å². The molecule has 0 unspecified atom stereocenters. The highest BCUT2D eigenvalue weighted by atomic mass is 14.6. The van der Waals surface area contributed by atoms with Crippen LogP contribution >= 0.6 is 0 Å². The molecule has 0 aromatic heterocycles. The second kappa shape index (κ2) is 2.09. The topological polar surface area (TPSA) is 26.0 Å². The first-order valence-electron chi connectivity index (χ1n) is 5.94. The van der Waals surface area contributed by atoms with E-state index in [-0.39, 0.29) is 22.9 Å². The predicted octanol–water partition coefficient (Wildman–Crippen LogP) is 1.89. The molecule has 48 valence electrons. The second-order valence-corrected chi connectivity index (χ2v) is 1.70. The van der Waals surface area contributed by atoms with E-state index in [2.05, 4.69) is 0 Å². The van der Waals surface area contributed by atoms with Crippen LogP contribution in [0.3, 0.4) is 0 Å². The van der Waals surface area contributed by atoms with Gasteiger partial charge < -0.3 is 5.73 Å². The number of nitrogens with two attached hydrogens (primary N) is 1. The molecule has 0 aliphatic rings. The zero-order valence-electron chi connectivity index (χ0n) is 11.7. The SMILES string of the molecule is [2H]c1cc(C([2H])([2H])[2H])c(N)c(C([2H])([2H])[2H])c1. The summed E-state index contributed by atoms with van der Waals surface area (Å²) in [5.41, 5.74) is 4.67. The Hall–Kier alpha value is -0.980. The number of anilines is 1. The monoisotopic (exact) mass is 128 g/mol. The molecule has 0 aliphatic heterocycles. The maximum absolute atomic E-state index is 7.38. The van der Waals surface area contributed by atoms with Gasteiger partial charge in [0.25, 0.3) is 0 Å². The Labute approximate surface area is 65.3 Å². The minimum atomic E-state index is -2.51. The van der Waals surface area contributed by atoms with E-state index in [1.807, 2.05) is 0 Å². The fourth-order valence-electron chi connectivity index (χ4n) is 0.509. The van der Waals surface area contributed by atoms with Crippen molar-refractivity contribution in [3.8, 4) is 0 Å². The Morgan fingerprint density at radius 3 is 2.44 bits per heavy atom. The minimum absolute atomic E-state index is 0.175. The van der Waals surface area contributed by atoms with Gasteiger partial charge in [-0.25, -0.2) is 0 Å².